The number of benzene rings is 1. The zero-order chi connectivity index (χ0) is 19.5. The number of ether oxygens (including phenoxy) is 1. The van der Waals surface area contributed by atoms with Gasteiger partial charge in [-0.15, -0.1) is 0 Å². The molecular weight excluding hydrogens is 354 g/mol. The van der Waals surface area contributed by atoms with Crippen LogP contribution in [-0.4, -0.2) is 50.1 Å². The van der Waals surface area contributed by atoms with E-state index in [1.54, 1.807) is 10.9 Å². The molecule has 7 heteroatoms. The summed E-state index contributed by atoms with van der Waals surface area (Å²) < 4.78 is 9.48. The average Bonchev–Trinajstić information content (AvgIpc) is 3.34. The van der Waals surface area contributed by atoms with Crippen LogP contribution in [0.15, 0.2) is 48.8 Å². The van der Waals surface area contributed by atoms with Gasteiger partial charge in [0, 0.05) is 43.2 Å². The van der Waals surface area contributed by atoms with Crippen molar-refractivity contribution < 1.29 is 9.53 Å². The molecule has 3 aromatic rings. The molecule has 1 saturated heterocycles. The van der Waals surface area contributed by atoms with Crippen LogP contribution in [0.25, 0.3) is 5.69 Å². The Bertz CT molecular complexity index is 933. The molecule has 7 nitrogen and oxygen atoms in total. The van der Waals surface area contributed by atoms with Crippen LogP contribution >= 0.6 is 0 Å². The van der Waals surface area contributed by atoms with E-state index in [0.29, 0.717) is 32.7 Å². The van der Waals surface area contributed by atoms with Crippen molar-refractivity contribution in [3.8, 4) is 5.69 Å². The molecule has 0 N–H and O–H groups in total. The van der Waals surface area contributed by atoms with E-state index in [-0.39, 0.29) is 11.9 Å². The molecule has 1 aliphatic heterocycles. The second kappa shape index (κ2) is 7.98. The lowest BCUT2D eigenvalue weighted by atomic mass is 10.0. The first-order valence-corrected chi connectivity index (χ1v) is 9.61. The van der Waals surface area contributed by atoms with E-state index in [1.165, 1.54) is 0 Å². The van der Waals surface area contributed by atoms with Crippen LogP contribution < -0.4 is 0 Å². The van der Waals surface area contributed by atoms with E-state index >= 15 is 0 Å². The molecule has 0 aliphatic carbocycles. The van der Waals surface area contributed by atoms with Gasteiger partial charge >= 0.3 is 0 Å². The number of hydrogen-bond acceptors (Lipinski definition) is 4. The second-order valence-corrected chi connectivity index (χ2v) is 7.03. The van der Waals surface area contributed by atoms with Crippen LogP contribution in [0, 0.1) is 13.8 Å². The van der Waals surface area contributed by atoms with Gasteiger partial charge in [0.05, 0.1) is 30.6 Å². The van der Waals surface area contributed by atoms with Crippen molar-refractivity contribution in [2.75, 3.05) is 19.8 Å². The molecule has 0 bridgehead atoms. The van der Waals surface area contributed by atoms with Crippen LogP contribution in [0.4, 0.5) is 0 Å². The highest BCUT2D eigenvalue weighted by molar-refractivity contribution is 5.77. The topological polar surface area (TPSA) is 65.2 Å². The fraction of sp³-hybridized carbons (Fsp3) is 0.381. The Morgan fingerprint density at radius 3 is 2.79 bits per heavy atom. The first kappa shape index (κ1) is 18.4. The Balaban J connectivity index is 1.59. The Hall–Kier alpha value is -2.93. The highest BCUT2D eigenvalue weighted by Crippen LogP contribution is 2.31. The summed E-state index contributed by atoms with van der Waals surface area (Å²) in [5.74, 6) is 0.120. The molecule has 1 atom stereocenters. The predicted molar refractivity (Wildman–Crippen MR) is 105 cm³/mol. The molecule has 0 radical (unpaired) electrons. The van der Waals surface area contributed by atoms with Gasteiger partial charge < -0.3 is 9.64 Å². The average molecular weight is 379 g/mol. The minimum Gasteiger partial charge on any atom is -0.377 e. The molecule has 3 heterocycles. The van der Waals surface area contributed by atoms with Crippen molar-refractivity contribution in [1.29, 1.82) is 0 Å². The van der Waals surface area contributed by atoms with E-state index in [2.05, 4.69) is 12.0 Å². The van der Waals surface area contributed by atoms with E-state index < -0.39 is 0 Å². The summed E-state index contributed by atoms with van der Waals surface area (Å²) in [4.78, 5) is 14.9. The van der Waals surface area contributed by atoms with Gasteiger partial charge in [0.1, 0.15) is 0 Å². The minimum absolute atomic E-state index is 0.115. The number of carbonyl (C=O) groups is 1. The first-order chi connectivity index (χ1) is 13.6. The summed E-state index contributed by atoms with van der Waals surface area (Å²) in [6, 6.07) is 11.8. The van der Waals surface area contributed by atoms with Crippen molar-refractivity contribution in [2.24, 2.45) is 0 Å². The molecule has 0 saturated carbocycles. The zero-order valence-electron chi connectivity index (χ0n) is 16.3. The standard InChI is InChI=1S/C21H25N5O2/c1-16-21(17(2)26(23-16)18-7-4-3-5-8-18)19-15-28-14-13-25(19)20(27)9-12-24-11-6-10-22-24/h3-8,10-11,19H,9,12-15H2,1-2H3/t19-/m1/s1. The molecule has 4 rings (SSSR count). The maximum Gasteiger partial charge on any atom is 0.225 e. The van der Waals surface area contributed by atoms with Gasteiger partial charge in [0.15, 0.2) is 0 Å². The molecule has 1 fully saturated rings. The third-order valence-corrected chi connectivity index (χ3v) is 5.24. The number of amides is 1. The van der Waals surface area contributed by atoms with Gasteiger partial charge in [-0.05, 0) is 32.0 Å². The summed E-state index contributed by atoms with van der Waals surface area (Å²) in [7, 11) is 0. The van der Waals surface area contributed by atoms with Crippen LogP contribution in [-0.2, 0) is 16.1 Å². The smallest absolute Gasteiger partial charge is 0.225 e. The Morgan fingerprint density at radius 2 is 2.04 bits per heavy atom. The molecule has 0 unspecified atom stereocenters. The van der Waals surface area contributed by atoms with Gasteiger partial charge in [-0.2, -0.15) is 10.2 Å². The van der Waals surface area contributed by atoms with Gasteiger partial charge in [0.2, 0.25) is 5.91 Å². The Kier molecular flexibility index (Phi) is 5.25. The highest BCUT2D eigenvalue weighted by atomic mass is 16.5. The lowest BCUT2D eigenvalue weighted by Crippen LogP contribution is -2.44. The Labute approximate surface area is 164 Å². The largest absolute Gasteiger partial charge is 0.377 e. The quantitative estimate of drug-likeness (QED) is 0.684. The van der Waals surface area contributed by atoms with Crippen molar-refractivity contribution in [3.63, 3.8) is 0 Å². The fourth-order valence-corrected chi connectivity index (χ4v) is 3.89. The number of aryl methyl sites for hydroxylation is 2. The van der Waals surface area contributed by atoms with E-state index in [0.717, 1.165) is 22.6 Å². The summed E-state index contributed by atoms with van der Waals surface area (Å²) >= 11 is 0. The molecule has 1 amide bonds. The van der Waals surface area contributed by atoms with Crippen LogP contribution in [0.3, 0.4) is 0 Å². The molecule has 2 aromatic heterocycles. The molecule has 1 aromatic carbocycles. The summed E-state index contributed by atoms with van der Waals surface area (Å²) in [6.07, 6.45) is 4.03. The molecule has 1 aliphatic rings. The van der Waals surface area contributed by atoms with Gasteiger partial charge in [0.25, 0.3) is 0 Å². The number of aromatic nitrogens is 4. The lowest BCUT2D eigenvalue weighted by Gasteiger charge is -2.36. The number of carbonyl (C=O) groups excluding carboxylic acids is 1. The highest BCUT2D eigenvalue weighted by Gasteiger charge is 2.32. The molecular formula is C21H25N5O2. The van der Waals surface area contributed by atoms with Gasteiger partial charge in [-0.1, -0.05) is 18.2 Å². The van der Waals surface area contributed by atoms with Crippen molar-refractivity contribution in [2.45, 2.75) is 32.9 Å². The lowest BCUT2D eigenvalue weighted by molar-refractivity contribution is -0.140. The van der Waals surface area contributed by atoms with Gasteiger partial charge in [-0.3, -0.25) is 9.48 Å². The van der Waals surface area contributed by atoms with Gasteiger partial charge in [-0.25, -0.2) is 4.68 Å². The van der Waals surface area contributed by atoms with Crippen LogP contribution in [0.1, 0.15) is 29.4 Å². The number of hydrogen-bond donors (Lipinski definition) is 0. The van der Waals surface area contributed by atoms with E-state index in [9.17, 15) is 4.79 Å². The van der Waals surface area contributed by atoms with E-state index in [4.69, 9.17) is 9.84 Å². The number of para-hydroxylation sites is 1. The molecule has 28 heavy (non-hydrogen) atoms. The first-order valence-electron chi connectivity index (χ1n) is 9.61. The maximum absolute atomic E-state index is 13.0. The number of nitrogens with zero attached hydrogens (tertiary/aromatic N) is 5. The third kappa shape index (κ3) is 3.57. The van der Waals surface area contributed by atoms with Crippen molar-refractivity contribution >= 4 is 5.91 Å². The molecule has 0 spiro atoms. The monoisotopic (exact) mass is 379 g/mol. The zero-order valence-corrected chi connectivity index (χ0v) is 16.3. The third-order valence-electron chi connectivity index (χ3n) is 5.24. The Morgan fingerprint density at radius 1 is 1.21 bits per heavy atom. The summed E-state index contributed by atoms with van der Waals surface area (Å²) in [6.45, 7) is 6.30. The summed E-state index contributed by atoms with van der Waals surface area (Å²) in [5, 5.41) is 8.93. The maximum atomic E-state index is 13.0. The van der Waals surface area contributed by atoms with E-state index in [1.807, 2.05) is 59.1 Å². The minimum atomic E-state index is -0.115. The van der Waals surface area contributed by atoms with Crippen molar-refractivity contribution in [3.05, 3.63) is 65.7 Å². The second-order valence-electron chi connectivity index (χ2n) is 7.03. The number of morpholine rings is 1. The predicted octanol–water partition coefficient (Wildman–Crippen LogP) is 2.68. The van der Waals surface area contributed by atoms with Crippen molar-refractivity contribution in [1.82, 2.24) is 24.5 Å². The SMILES string of the molecule is Cc1nn(-c2ccccc2)c(C)c1[C@H]1COCCN1C(=O)CCn1cccn1. The van der Waals surface area contributed by atoms with Crippen LogP contribution in [0.5, 0.6) is 0 Å². The fourth-order valence-electron chi connectivity index (χ4n) is 3.89. The molecule has 146 valence electrons. The number of rotatable bonds is 5. The normalized spacial score (nSPS) is 17.1. The van der Waals surface area contributed by atoms with Crippen LogP contribution in [0.2, 0.25) is 0 Å². The summed E-state index contributed by atoms with van der Waals surface area (Å²) in [5.41, 5.74) is 4.07.